The van der Waals surface area contributed by atoms with Crippen LogP contribution in [-0.2, 0) is 0 Å². The lowest BCUT2D eigenvalue weighted by atomic mass is 10.1. The third-order valence-corrected chi connectivity index (χ3v) is 4.71. The third kappa shape index (κ3) is 3.95. The van der Waals surface area contributed by atoms with Crippen molar-refractivity contribution < 1.29 is 8.78 Å². The van der Waals surface area contributed by atoms with Crippen LogP contribution in [0, 0.1) is 12.7 Å². The molecule has 0 bridgehead atoms. The van der Waals surface area contributed by atoms with Gasteiger partial charge in [0.15, 0.2) is 0 Å². The Kier molecular flexibility index (Phi) is 6.18. The molecule has 6 nitrogen and oxygen atoms in total. The number of para-hydroxylation sites is 1. The number of anilines is 1. The first-order valence-electron chi connectivity index (χ1n) is 9.17. The van der Waals surface area contributed by atoms with Crippen molar-refractivity contribution >= 4 is 5.95 Å². The highest BCUT2D eigenvalue weighted by Gasteiger charge is 2.17. The smallest absolute Gasteiger partial charge is 0.271 e. The number of aryl methyl sites for hydroxylation is 1. The fourth-order valence-electron chi connectivity index (χ4n) is 3.31. The molecule has 0 amide bonds. The number of benzene rings is 1. The number of piperidine rings is 1. The average molecular weight is 387 g/mol. The molecule has 0 atom stereocenters. The second-order valence-corrected chi connectivity index (χ2v) is 6.51. The van der Waals surface area contributed by atoms with E-state index in [0.717, 1.165) is 43.1 Å². The van der Waals surface area contributed by atoms with Gasteiger partial charge in [-0.1, -0.05) is 12.1 Å². The lowest BCUT2D eigenvalue weighted by Gasteiger charge is -2.26. The van der Waals surface area contributed by atoms with Crippen LogP contribution in [0.4, 0.5) is 14.7 Å². The Morgan fingerprint density at radius 1 is 1.11 bits per heavy atom. The number of nitrogens with zero attached hydrogens (tertiary/aromatic N) is 4. The zero-order chi connectivity index (χ0) is 20.1. The quantitative estimate of drug-likeness (QED) is 0.745. The van der Waals surface area contributed by atoms with E-state index in [2.05, 4.69) is 20.0 Å². The Morgan fingerprint density at radius 3 is 2.50 bits per heavy atom. The molecule has 0 spiro atoms. The van der Waals surface area contributed by atoms with Crippen molar-refractivity contribution in [1.29, 1.82) is 0 Å². The van der Waals surface area contributed by atoms with Crippen molar-refractivity contribution in [2.24, 2.45) is 0 Å². The summed E-state index contributed by atoms with van der Waals surface area (Å²) in [5.41, 5.74) is 1.94. The largest absolute Gasteiger partial charge is 0.341 e. The van der Waals surface area contributed by atoms with Gasteiger partial charge < -0.3 is 4.90 Å². The Balaban J connectivity index is 0.00000109. The van der Waals surface area contributed by atoms with E-state index in [4.69, 9.17) is 0 Å². The predicted octanol–water partition coefficient (Wildman–Crippen LogP) is 3.65. The summed E-state index contributed by atoms with van der Waals surface area (Å²) in [6, 6.07) is 7.60. The van der Waals surface area contributed by atoms with E-state index in [1.807, 2.05) is 6.92 Å². The van der Waals surface area contributed by atoms with E-state index in [1.165, 1.54) is 23.2 Å². The molecule has 2 aromatic heterocycles. The Morgan fingerprint density at radius 2 is 1.82 bits per heavy atom. The van der Waals surface area contributed by atoms with Crippen molar-refractivity contribution in [1.82, 2.24) is 19.7 Å². The van der Waals surface area contributed by atoms with Gasteiger partial charge in [0.2, 0.25) is 5.95 Å². The number of H-pyrrole nitrogens is 1. The van der Waals surface area contributed by atoms with Crippen LogP contribution in [0.2, 0.25) is 0 Å². The van der Waals surface area contributed by atoms with Gasteiger partial charge in [0.1, 0.15) is 11.5 Å². The fourth-order valence-corrected chi connectivity index (χ4v) is 3.31. The lowest BCUT2D eigenvalue weighted by molar-refractivity contribution is 0.567. The standard InChI is InChI=1S/C19H20FN5O.CH3F/c1-13-14(12-21-19(22-13)24-9-5-2-6-10-24)16-11-18(26)25(23-16)17-8-4-3-7-15(17)20;1-2/h3-4,7-8,11-12,23H,2,5-6,9-10H2,1H3;1H3. The van der Waals surface area contributed by atoms with Crippen LogP contribution < -0.4 is 10.5 Å². The van der Waals surface area contributed by atoms with E-state index in [1.54, 1.807) is 24.4 Å². The van der Waals surface area contributed by atoms with E-state index < -0.39 is 5.82 Å². The van der Waals surface area contributed by atoms with Gasteiger partial charge in [0.25, 0.3) is 5.56 Å². The average Bonchev–Trinajstić information content (AvgIpc) is 3.11. The normalized spacial score (nSPS) is 13.8. The summed E-state index contributed by atoms with van der Waals surface area (Å²) in [7, 11) is 0.500. The van der Waals surface area contributed by atoms with Crippen LogP contribution in [0.1, 0.15) is 25.0 Å². The molecule has 1 aromatic carbocycles. The molecule has 8 heteroatoms. The minimum Gasteiger partial charge on any atom is -0.341 e. The maximum absolute atomic E-state index is 14.0. The Hall–Kier alpha value is -3.03. The van der Waals surface area contributed by atoms with Gasteiger partial charge in [-0.05, 0) is 38.3 Å². The molecule has 3 aromatic rings. The predicted molar refractivity (Wildman–Crippen MR) is 105 cm³/mol. The molecule has 1 aliphatic rings. The summed E-state index contributed by atoms with van der Waals surface area (Å²) in [5, 5.41) is 2.97. The minimum absolute atomic E-state index is 0.187. The molecule has 0 aliphatic carbocycles. The first kappa shape index (κ1) is 19.7. The summed E-state index contributed by atoms with van der Waals surface area (Å²) in [4.78, 5) is 23.6. The first-order valence-corrected chi connectivity index (χ1v) is 9.17. The maximum atomic E-state index is 14.0. The van der Waals surface area contributed by atoms with Gasteiger partial charge in [-0.25, -0.2) is 19.0 Å². The fraction of sp³-hybridized carbons (Fsp3) is 0.350. The zero-order valence-electron chi connectivity index (χ0n) is 16.0. The molecule has 1 N–H and O–H groups in total. The van der Waals surface area contributed by atoms with Gasteiger partial charge in [-0.15, -0.1) is 0 Å². The number of aromatic nitrogens is 4. The molecule has 1 saturated heterocycles. The number of halogens is 2. The van der Waals surface area contributed by atoms with Gasteiger partial charge in [-0.2, -0.15) is 0 Å². The molecule has 0 radical (unpaired) electrons. The highest BCUT2D eigenvalue weighted by atomic mass is 19.1. The van der Waals surface area contributed by atoms with E-state index in [9.17, 15) is 13.6 Å². The van der Waals surface area contributed by atoms with Crippen LogP contribution in [0.25, 0.3) is 16.9 Å². The molecule has 4 rings (SSSR count). The number of nitrogens with one attached hydrogen (secondary N) is 1. The number of hydrogen-bond acceptors (Lipinski definition) is 4. The zero-order valence-corrected chi connectivity index (χ0v) is 16.0. The van der Waals surface area contributed by atoms with E-state index in [-0.39, 0.29) is 11.2 Å². The topological polar surface area (TPSA) is 66.8 Å². The second-order valence-electron chi connectivity index (χ2n) is 6.51. The molecule has 0 saturated carbocycles. The summed E-state index contributed by atoms with van der Waals surface area (Å²) >= 11 is 0. The van der Waals surface area contributed by atoms with Crippen LogP contribution in [0.3, 0.4) is 0 Å². The van der Waals surface area contributed by atoms with Gasteiger partial charge in [0.05, 0.1) is 18.6 Å². The van der Waals surface area contributed by atoms with Gasteiger partial charge in [0, 0.05) is 30.9 Å². The summed E-state index contributed by atoms with van der Waals surface area (Å²) < 4.78 is 24.7. The number of alkyl halides is 1. The highest BCUT2D eigenvalue weighted by molar-refractivity contribution is 5.61. The first-order chi connectivity index (χ1) is 13.6. The SMILES string of the molecule is CF.Cc1nc(N2CCCCC2)ncc1-c1cc(=O)n(-c2ccccc2F)[nH]1. The van der Waals surface area contributed by atoms with Crippen molar-refractivity contribution in [3.63, 3.8) is 0 Å². The summed E-state index contributed by atoms with van der Waals surface area (Å²) in [6.07, 6.45) is 5.29. The van der Waals surface area contributed by atoms with Crippen molar-refractivity contribution in [3.05, 3.63) is 58.4 Å². The van der Waals surface area contributed by atoms with Gasteiger partial charge >= 0.3 is 0 Å². The van der Waals surface area contributed by atoms with Crippen molar-refractivity contribution in [2.45, 2.75) is 26.2 Å². The van der Waals surface area contributed by atoms with Crippen LogP contribution >= 0.6 is 0 Å². The summed E-state index contributed by atoms with van der Waals surface area (Å²) in [6.45, 7) is 3.84. The molecule has 148 valence electrons. The molecular weight excluding hydrogens is 364 g/mol. The lowest BCUT2D eigenvalue weighted by Crippen LogP contribution is -2.31. The molecular formula is C20H23F2N5O. The number of hydrogen-bond donors (Lipinski definition) is 1. The minimum atomic E-state index is -0.462. The van der Waals surface area contributed by atoms with Crippen molar-refractivity contribution in [3.8, 4) is 16.9 Å². The molecule has 3 heterocycles. The molecule has 1 fully saturated rings. The highest BCUT2D eigenvalue weighted by Crippen LogP contribution is 2.23. The van der Waals surface area contributed by atoms with Gasteiger partial charge in [-0.3, -0.25) is 14.3 Å². The summed E-state index contributed by atoms with van der Waals surface area (Å²) in [5.74, 6) is 0.262. The number of aromatic amines is 1. The Labute approximate surface area is 161 Å². The molecule has 0 unspecified atom stereocenters. The maximum Gasteiger partial charge on any atom is 0.271 e. The molecule has 28 heavy (non-hydrogen) atoms. The van der Waals surface area contributed by atoms with Crippen LogP contribution in [0.15, 0.2) is 41.3 Å². The Bertz CT molecular complexity index is 992. The van der Waals surface area contributed by atoms with Crippen LogP contribution in [0.5, 0.6) is 0 Å². The molecule has 1 aliphatic heterocycles. The van der Waals surface area contributed by atoms with E-state index >= 15 is 0 Å². The number of rotatable bonds is 3. The van der Waals surface area contributed by atoms with E-state index in [0.29, 0.717) is 12.9 Å². The van der Waals surface area contributed by atoms with Crippen molar-refractivity contribution in [2.75, 3.05) is 25.2 Å². The van der Waals surface area contributed by atoms with Crippen LogP contribution in [-0.4, -0.2) is 40.0 Å². The monoisotopic (exact) mass is 387 g/mol. The second kappa shape index (κ2) is 8.77. The third-order valence-electron chi connectivity index (χ3n) is 4.71.